The van der Waals surface area contributed by atoms with Gasteiger partial charge in [0.25, 0.3) is 15.9 Å². The van der Waals surface area contributed by atoms with Crippen molar-refractivity contribution >= 4 is 39.2 Å². The molecule has 0 spiro atoms. The third-order valence-corrected chi connectivity index (χ3v) is 7.54. The summed E-state index contributed by atoms with van der Waals surface area (Å²) in [6, 6.07) is 27.7. The zero-order valence-electron chi connectivity index (χ0n) is 22.8. The highest BCUT2D eigenvalue weighted by Gasteiger charge is 2.35. The molecule has 4 aromatic carbocycles. The van der Waals surface area contributed by atoms with E-state index in [0.29, 0.717) is 5.56 Å². The number of benzene rings is 4. The number of esters is 2. The predicted molar refractivity (Wildman–Crippen MR) is 156 cm³/mol. The van der Waals surface area contributed by atoms with Crippen LogP contribution in [0.25, 0.3) is 0 Å². The van der Waals surface area contributed by atoms with Gasteiger partial charge in [0, 0.05) is 17.2 Å². The minimum atomic E-state index is -4.19. The maximum absolute atomic E-state index is 13.3. The molecule has 0 aromatic heterocycles. The molecule has 4 rings (SSSR count). The molecule has 4 aromatic rings. The number of carbonyl (C=O) groups is 3. The molecule has 0 heterocycles. The first-order valence-corrected chi connectivity index (χ1v) is 14.2. The molecule has 0 aliphatic rings. The summed E-state index contributed by atoms with van der Waals surface area (Å²) < 4.78 is 44.9. The molecule has 10 nitrogen and oxygen atoms in total. The number of nitrogens with one attached hydrogen (secondary N) is 2. The highest BCUT2D eigenvalue weighted by molar-refractivity contribution is 7.92. The van der Waals surface area contributed by atoms with Gasteiger partial charge in [-0.05, 0) is 35.9 Å². The average molecular weight is 589 g/mol. The van der Waals surface area contributed by atoms with Crippen LogP contribution in [0, 0.1) is 0 Å². The maximum atomic E-state index is 13.3. The number of methoxy groups -OCH3 is 2. The van der Waals surface area contributed by atoms with E-state index < -0.39 is 33.8 Å². The summed E-state index contributed by atoms with van der Waals surface area (Å²) in [5.41, 5.74) is 0.939. The van der Waals surface area contributed by atoms with Crippen LogP contribution in [-0.2, 0) is 35.7 Å². The van der Waals surface area contributed by atoms with Crippen molar-refractivity contribution in [2.75, 3.05) is 24.3 Å². The van der Waals surface area contributed by atoms with Crippen LogP contribution < -0.4 is 14.8 Å². The van der Waals surface area contributed by atoms with Gasteiger partial charge in [-0.15, -0.1) is 0 Å². The van der Waals surface area contributed by atoms with Crippen molar-refractivity contribution in [1.82, 2.24) is 0 Å². The summed E-state index contributed by atoms with van der Waals surface area (Å²) in [6.07, 6.45) is 0. The normalized spacial score (nSPS) is 10.9. The largest absolute Gasteiger partial charge is 0.487 e. The Morgan fingerprint density at radius 2 is 1.29 bits per heavy atom. The molecule has 0 aliphatic heterocycles. The predicted octanol–water partition coefficient (Wildman–Crippen LogP) is 4.75. The smallest absolute Gasteiger partial charge is 0.324 e. The van der Waals surface area contributed by atoms with Gasteiger partial charge >= 0.3 is 11.9 Å². The number of carbonyl (C=O) groups excluding carboxylic acids is 3. The quantitative estimate of drug-likeness (QED) is 0.189. The van der Waals surface area contributed by atoms with E-state index in [1.165, 1.54) is 24.3 Å². The van der Waals surface area contributed by atoms with Crippen LogP contribution in [-0.4, -0.2) is 40.5 Å². The molecule has 0 unspecified atom stereocenters. The van der Waals surface area contributed by atoms with E-state index >= 15 is 0 Å². The molecule has 0 atom stereocenters. The molecule has 0 fully saturated rings. The molecular formula is C31H28N2O8S. The lowest BCUT2D eigenvalue weighted by molar-refractivity contribution is -0.154. The van der Waals surface area contributed by atoms with E-state index in [9.17, 15) is 22.8 Å². The van der Waals surface area contributed by atoms with Crippen LogP contribution >= 0.6 is 0 Å². The second kappa shape index (κ2) is 13.5. The van der Waals surface area contributed by atoms with Gasteiger partial charge in [0.15, 0.2) is 5.92 Å². The van der Waals surface area contributed by atoms with E-state index in [2.05, 4.69) is 10.0 Å². The standard InChI is InChI=1S/C31H28N2O8S/c1-39-30(35)28(31(36)40-2)24-18-26(32-29(34)22-14-8-4-9-15-22)27(41-20-21-12-6-3-7-13-21)19-25(24)33-42(37,38)23-16-10-5-11-17-23/h3-19,28,33H,20H2,1-2H3,(H,32,34). The summed E-state index contributed by atoms with van der Waals surface area (Å²) >= 11 is 0. The fourth-order valence-electron chi connectivity index (χ4n) is 4.05. The van der Waals surface area contributed by atoms with Crippen LogP contribution in [0.4, 0.5) is 11.4 Å². The minimum Gasteiger partial charge on any atom is -0.487 e. The number of hydrogen-bond donors (Lipinski definition) is 2. The fourth-order valence-corrected chi connectivity index (χ4v) is 5.15. The van der Waals surface area contributed by atoms with Gasteiger partial charge in [0.2, 0.25) is 0 Å². The second-order valence-electron chi connectivity index (χ2n) is 8.93. The van der Waals surface area contributed by atoms with Gasteiger partial charge in [0.1, 0.15) is 12.4 Å². The zero-order valence-corrected chi connectivity index (χ0v) is 23.6. The van der Waals surface area contributed by atoms with Gasteiger partial charge < -0.3 is 19.5 Å². The Bertz CT molecular complexity index is 1650. The molecule has 0 saturated heterocycles. The van der Waals surface area contributed by atoms with Gasteiger partial charge in [0.05, 0.1) is 30.5 Å². The van der Waals surface area contributed by atoms with E-state index in [4.69, 9.17) is 14.2 Å². The summed E-state index contributed by atoms with van der Waals surface area (Å²) in [5, 5.41) is 2.75. The Morgan fingerprint density at radius 1 is 0.738 bits per heavy atom. The zero-order chi connectivity index (χ0) is 30.1. The summed E-state index contributed by atoms with van der Waals surface area (Å²) in [4.78, 5) is 38.7. The van der Waals surface area contributed by atoms with Gasteiger partial charge in [-0.25, -0.2) is 8.42 Å². The molecule has 0 radical (unpaired) electrons. The Labute approximate surface area is 243 Å². The van der Waals surface area contributed by atoms with Gasteiger partial charge in [-0.1, -0.05) is 66.7 Å². The van der Waals surface area contributed by atoms with Crippen LogP contribution in [0.15, 0.2) is 108 Å². The number of rotatable bonds is 11. The van der Waals surface area contributed by atoms with Crippen LogP contribution in [0.5, 0.6) is 5.75 Å². The third kappa shape index (κ3) is 7.12. The lowest BCUT2D eigenvalue weighted by atomic mass is 9.96. The molecule has 0 aliphatic carbocycles. The van der Waals surface area contributed by atoms with Gasteiger partial charge in [-0.2, -0.15) is 0 Å². The average Bonchev–Trinajstić information content (AvgIpc) is 3.02. The Kier molecular flexibility index (Phi) is 9.56. The van der Waals surface area contributed by atoms with E-state index in [1.807, 2.05) is 30.3 Å². The van der Waals surface area contributed by atoms with Crippen LogP contribution in [0.3, 0.4) is 0 Å². The lowest BCUT2D eigenvalue weighted by Crippen LogP contribution is -2.26. The van der Waals surface area contributed by atoms with E-state index in [1.54, 1.807) is 48.5 Å². The van der Waals surface area contributed by atoms with Crippen molar-refractivity contribution in [3.05, 3.63) is 120 Å². The summed E-state index contributed by atoms with van der Waals surface area (Å²) in [5.74, 6) is -4.12. The first-order chi connectivity index (χ1) is 20.2. The molecule has 1 amide bonds. The first kappa shape index (κ1) is 29.8. The van der Waals surface area contributed by atoms with E-state index in [0.717, 1.165) is 19.8 Å². The molecule has 216 valence electrons. The molecule has 0 bridgehead atoms. The molecular weight excluding hydrogens is 560 g/mol. The first-order valence-electron chi connectivity index (χ1n) is 12.7. The summed E-state index contributed by atoms with van der Waals surface area (Å²) in [6.45, 7) is 0.0662. The number of hydrogen-bond acceptors (Lipinski definition) is 8. The van der Waals surface area contributed by atoms with Gasteiger partial charge in [-0.3, -0.25) is 19.1 Å². The highest BCUT2D eigenvalue weighted by atomic mass is 32.2. The van der Waals surface area contributed by atoms with Crippen LogP contribution in [0.1, 0.15) is 27.4 Å². The number of ether oxygens (including phenoxy) is 3. The molecule has 0 saturated carbocycles. The number of amides is 1. The Hall–Kier alpha value is -5.16. The van der Waals surface area contributed by atoms with Crippen molar-refractivity contribution in [2.45, 2.75) is 17.4 Å². The fraction of sp³-hybridized carbons (Fsp3) is 0.129. The van der Waals surface area contributed by atoms with Crippen molar-refractivity contribution in [3.63, 3.8) is 0 Å². The maximum Gasteiger partial charge on any atom is 0.324 e. The number of sulfonamides is 1. The third-order valence-electron chi connectivity index (χ3n) is 6.16. The Morgan fingerprint density at radius 3 is 1.86 bits per heavy atom. The summed E-state index contributed by atoms with van der Waals surface area (Å²) in [7, 11) is -2.02. The SMILES string of the molecule is COC(=O)C(C(=O)OC)c1cc(NC(=O)c2ccccc2)c(OCc2ccccc2)cc1NS(=O)(=O)c1ccccc1. The number of anilines is 2. The van der Waals surface area contributed by atoms with Crippen molar-refractivity contribution < 1.29 is 37.0 Å². The second-order valence-corrected chi connectivity index (χ2v) is 10.6. The molecule has 2 N–H and O–H groups in total. The van der Waals surface area contributed by atoms with Crippen LogP contribution in [0.2, 0.25) is 0 Å². The van der Waals surface area contributed by atoms with Crippen molar-refractivity contribution in [3.8, 4) is 5.75 Å². The molecule has 42 heavy (non-hydrogen) atoms. The Balaban J connectivity index is 1.88. The molecule has 11 heteroatoms. The minimum absolute atomic E-state index is 0.0585. The lowest BCUT2D eigenvalue weighted by Gasteiger charge is -2.22. The highest BCUT2D eigenvalue weighted by Crippen LogP contribution is 2.38. The topological polar surface area (TPSA) is 137 Å². The van der Waals surface area contributed by atoms with Crippen molar-refractivity contribution in [1.29, 1.82) is 0 Å². The van der Waals surface area contributed by atoms with E-state index in [-0.39, 0.29) is 34.2 Å². The van der Waals surface area contributed by atoms with Crippen molar-refractivity contribution in [2.24, 2.45) is 0 Å². The monoisotopic (exact) mass is 588 g/mol.